The van der Waals surface area contributed by atoms with Crippen LogP contribution in [0.15, 0.2) is 36.4 Å². The lowest BCUT2D eigenvalue weighted by molar-refractivity contribution is -0.151. The molecular formula is C16H18O2. The van der Waals surface area contributed by atoms with E-state index in [1.165, 1.54) is 18.2 Å². The van der Waals surface area contributed by atoms with Crippen LogP contribution in [0.25, 0.3) is 0 Å². The van der Waals surface area contributed by atoms with Gasteiger partial charge >= 0.3 is 5.97 Å². The molecule has 0 aromatic heterocycles. The van der Waals surface area contributed by atoms with Gasteiger partial charge in [-0.25, -0.2) is 0 Å². The molecule has 0 amide bonds. The molecule has 0 saturated heterocycles. The van der Waals surface area contributed by atoms with Crippen LogP contribution in [-0.2, 0) is 9.53 Å². The second-order valence-electron chi connectivity index (χ2n) is 5.45. The zero-order valence-corrected chi connectivity index (χ0v) is 10.9. The monoisotopic (exact) mass is 242 g/mol. The molecule has 3 rings (SSSR count). The number of hydrogen-bond donors (Lipinski definition) is 0. The highest BCUT2D eigenvalue weighted by atomic mass is 16.5. The Morgan fingerprint density at radius 1 is 1.28 bits per heavy atom. The second kappa shape index (κ2) is 3.71. The van der Waals surface area contributed by atoms with Gasteiger partial charge in [0.1, 0.15) is 5.41 Å². The molecule has 0 N–H and O–H groups in total. The van der Waals surface area contributed by atoms with Crippen molar-refractivity contribution in [1.29, 1.82) is 0 Å². The smallest absolute Gasteiger partial charge is 0.317 e. The lowest BCUT2D eigenvalue weighted by atomic mass is 9.71. The van der Waals surface area contributed by atoms with Crippen LogP contribution in [0.2, 0.25) is 0 Å². The van der Waals surface area contributed by atoms with Gasteiger partial charge in [0.25, 0.3) is 0 Å². The van der Waals surface area contributed by atoms with Crippen LogP contribution in [0.3, 0.4) is 0 Å². The Morgan fingerprint density at radius 2 is 1.78 bits per heavy atom. The topological polar surface area (TPSA) is 26.3 Å². The SMILES string of the molecule is C=C(C)C1(C(=O)OC)C2CCC1c1ccccc12. The molecular weight excluding hydrogens is 224 g/mol. The van der Waals surface area contributed by atoms with E-state index in [2.05, 4.69) is 30.8 Å². The predicted molar refractivity (Wildman–Crippen MR) is 70.4 cm³/mol. The number of carbonyl (C=O) groups is 1. The number of ether oxygens (including phenoxy) is 1. The molecule has 1 fully saturated rings. The summed E-state index contributed by atoms with van der Waals surface area (Å²) in [6.45, 7) is 6.07. The Labute approximate surface area is 108 Å². The maximum atomic E-state index is 12.4. The highest BCUT2D eigenvalue weighted by Crippen LogP contribution is 2.67. The Morgan fingerprint density at radius 3 is 2.17 bits per heavy atom. The summed E-state index contributed by atoms with van der Waals surface area (Å²) < 4.78 is 5.11. The van der Waals surface area contributed by atoms with Crippen molar-refractivity contribution in [3.8, 4) is 0 Å². The van der Waals surface area contributed by atoms with Crippen LogP contribution in [0, 0.1) is 5.41 Å². The molecule has 0 radical (unpaired) electrons. The Bertz CT molecular complexity index is 499. The molecule has 2 nitrogen and oxygen atoms in total. The van der Waals surface area contributed by atoms with Gasteiger partial charge in [-0.1, -0.05) is 36.4 Å². The molecule has 1 aromatic carbocycles. The van der Waals surface area contributed by atoms with E-state index in [0.717, 1.165) is 18.4 Å². The van der Waals surface area contributed by atoms with Crippen LogP contribution in [0.4, 0.5) is 0 Å². The molecule has 2 heteroatoms. The minimum Gasteiger partial charge on any atom is -0.468 e. The first kappa shape index (κ1) is 11.5. The van der Waals surface area contributed by atoms with Gasteiger partial charge in [0.05, 0.1) is 7.11 Å². The van der Waals surface area contributed by atoms with E-state index in [-0.39, 0.29) is 17.8 Å². The number of rotatable bonds is 2. The van der Waals surface area contributed by atoms with Gasteiger partial charge in [-0.3, -0.25) is 4.79 Å². The number of methoxy groups -OCH3 is 1. The third-order valence-electron chi connectivity index (χ3n) is 4.82. The molecule has 2 unspecified atom stereocenters. The van der Waals surface area contributed by atoms with Crippen molar-refractivity contribution in [3.63, 3.8) is 0 Å². The molecule has 1 aromatic rings. The van der Waals surface area contributed by atoms with E-state index in [9.17, 15) is 4.79 Å². The zero-order chi connectivity index (χ0) is 12.9. The lowest BCUT2D eigenvalue weighted by Crippen LogP contribution is -2.36. The minimum atomic E-state index is -0.515. The number of fused-ring (bicyclic) bond motifs is 5. The average molecular weight is 242 g/mol. The number of hydrogen-bond acceptors (Lipinski definition) is 2. The Balaban J connectivity index is 2.22. The van der Waals surface area contributed by atoms with Gasteiger partial charge < -0.3 is 4.74 Å². The molecule has 0 spiro atoms. The quantitative estimate of drug-likeness (QED) is 0.587. The van der Waals surface area contributed by atoms with E-state index >= 15 is 0 Å². The summed E-state index contributed by atoms with van der Waals surface area (Å²) in [6.07, 6.45) is 2.12. The van der Waals surface area contributed by atoms with Gasteiger partial charge in [0.2, 0.25) is 0 Å². The first-order chi connectivity index (χ1) is 8.64. The molecule has 0 aliphatic heterocycles. The van der Waals surface area contributed by atoms with Gasteiger partial charge in [-0.05, 0) is 30.9 Å². The van der Waals surface area contributed by atoms with Crippen LogP contribution in [0.5, 0.6) is 0 Å². The van der Waals surface area contributed by atoms with E-state index < -0.39 is 5.41 Å². The van der Waals surface area contributed by atoms with E-state index in [0.29, 0.717) is 0 Å². The number of benzene rings is 1. The third kappa shape index (κ3) is 1.11. The maximum absolute atomic E-state index is 12.4. The van der Waals surface area contributed by atoms with Crippen LogP contribution in [-0.4, -0.2) is 13.1 Å². The molecule has 2 aliphatic rings. The fourth-order valence-electron chi connectivity index (χ4n) is 4.20. The molecule has 0 heterocycles. The number of esters is 1. The van der Waals surface area contributed by atoms with Crippen molar-refractivity contribution < 1.29 is 9.53 Å². The molecule has 2 aliphatic carbocycles. The maximum Gasteiger partial charge on any atom is 0.317 e. The molecule has 18 heavy (non-hydrogen) atoms. The summed E-state index contributed by atoms with van der Waals surface area (Å²) in [7, 11) is 1.48. The van der Waals surface area contributed by atoms with Crippen molar-refractivity contribution in [2.45, 2.75) is 31.6 Å². The van der Waals surface area contributed by atoms with Gasteiger partial charge in [-0.2, -0.15) is 0 Å². The van der Waals surface area contributed by atoms with Crippen molar-refractivity contribution >= 4 is 5.97 Å². The Hall–Kier alpha value is -1.57. The number of carbonyl (C=O) groups excluding carboxylic acids is 1. The second-order valence-corrected chi connectivity index (χ2v) is 5.45. The normalized spacial score (nSPS) is 32.1. The Kier molecular flexibility index (Phi) is 2.37. The lowest BCUT2D eigenvalue weighted by Gasteiger charge is -2.32. The summed E-state index contributed by atoms with van der Waals surface area (Å²) in [4.78, 5) is 12.4. The molecule has 2 bridgehead atoms. The van der Waals surface area contributed by atoms with Crippen molar-refractivity contribution in [2.75, 3.05) is 7.11 Å². The minimum absolute atomic E-state index is 0.112. The van der Waals surface area contributed by atoms with Crippen LogP contribution < -0.4 is 0 Å². The highest BCUT2D eigenvalue weighted by Gasteiger charge is 2.62. The van der Waals surface area contributed by atoms with E-state index in [4.69, 9.17) is 4.74 Å². The summed E-state index contributed by atoms with van der Waals surface area (Å²) in [5.41, 5.74) is 3.07. The predicted octanol–water partition coefficient (Wildman–Crippen LogP) is 3.40. The molecule has 2 atom stereocenters. The first-order valence-corrected chi connectivity index (χ1v) is 6.47. The standard InChI is InChI=1S/C16H18O2/c1-10(2)16(15(17)18-3)13-8-9-14(16)12-7-5-4-6-11(12)13/h4-7,13-14H,1,8-9H2,2-3H3. The van der Waals surface area contributed by atoms with Crippen molar-refractivity contribution in [1.82, 2.24) is 0 Å². The average Bonchev–Trinajstić information content (AvgIpc) is 2.91. The third-order valence-corrected chi connectivity index (χ3v) is 4.82. The fraction of sp³-hybridized carbons (Fsp3) is 0.438. The molecule has 1 saturated carbocycles. The van der Waals surface area contributed by atoms with Crippen molar-refractivity contribution in [3.05, 3.63) is 47.5 Å². The summed E-state index contributed by atoms with van der Waals surface area (Å²) in [5.74, 6) is 0.394. The van der Waals surface area contributed by atoms with Crippen LogP contribution in [0.1, 0.15) is 42.7 Å². The summed E-state index contributed by atoms with van der Waals surface area (Å²) in [5, 5.41) is 0. The van der Waals surface area contributed by atoms with Gasteiger partial charge in [0.15, 0.2) is 0 Å². The fourth-order valence-corrected chi connectivity index (χ4v) is 4.20. The first-order valence-electron chi connectivity index (χ1n) is 6.47. The van der Waals surface area contributed by atoms with Gasteiger partial charge in [0, 0.05) is 11.8 Å². The summed E-state index contributed by atoms with van der Waals surface area (Å²) >= 11 is 0. The summed E-state index contributed by atoms with van der Waals surface area (Å²) in [6, 6.07) is 8.42. The van der Waals surface area contributed by atoms with E-state index in [1.54, 1.807) is 0 Å². The van der Waals surface area contributed by atoms with Crippen molar-refractivity contribution in [2.24, 2.45) is 5.41 Å². The largest absolute Gasteiger partial charge is 0.468 e. The van der Waals surface area contributed by atoms with Gasteiger partial charge in [-0.15, -0.1) is 0 Å². The highest BCUT2D eigenvalue weighted by molar-refractivity contribution is 5.86. The van der Waals surface area contributed by atoms with E-state index in [1.807, 2.05) is 6.92 Å². The molecule has 94 valence electrons. The zero-order valence-electron chi connectivity index (χ0n) is 10.9. The van der Waals surface area contributed by atoms with Crippen LogP contribution >= 0.6 is 0 Å².